The Morgan fingerprint density at radius 1 is 0.880 bits per heavy atom. The summed E-state index contributed by atoms with van der Waals surface area (Å²) in [5.41, 5.74) is 4.31. The van der Waals surface area contributed by atoms with E-state index in [1.54, 1.807) is 17.0 Å². The van der Waals surface area contributed by atoms with Gasteiger partial charge in [-0.15, -0.1) is 4.83 Å². The Morgan fingerprint density at radius 2 is 1.40 bits per heavy atom. The summed E-state index contributed by atoms with van der Waals surface area (Å²) in [6.45, 7) is 1.92. The van der Waals surface area contributed by atoms with E-state index >= 15 is 0 Å². The number of carbonyl (C=O) groups is 1. The molecule has 0 unspecified atom stereocenters. The van der Waals surface area contributed by atoms with E-state index in [9.17, 15) is 21.6 Å². The summed E-state index contributed by atoms with van der Waals surface area (Å²) in [6.07, 6.45) is 0.591. The summed E-state index contributed by atoms with van der Waals surface area (Å²) in [4.78, 5) is 11.7. The molecule has 0 aliphatic carbocycles. The minimum absolute atomic E-state index is 0.215. The number of aldehydes is 1. The molecule has 0 fully saturated rings. The van der Waals surface area contributed by atoms with Crippen molar-refractivity contribution in [3.8, 4) is 0 Å². The van der Waals surface area contributed by atoms with E-state index in [0.29, 0.717) is 17.5 Å². The van der Waals surface area contributed by atoms with Crippen molar-refractivity contribution in [2.24, 2.45) is 0 Å². The lowest BCUT2D eigenvalue weighted by Crippen LogP contribution is -2.28. The number of hydrazine groups is 1. The number of nitrogens with one attached hydrogen (secondary N) is 2. The molecule has 2 aromatic rings. The van der Waals surface area contributed by atoms with Crippen molar-refractivity contribution in [2.75, 3.05) is 5.43 Å². The van der Waals surface area contributed by atoms with Crippen molar-refractivity contribution in [3.05, 3.63) is 59.7 Å². The van der Waals surface area contributed by atoms with Gasteiger partial charge in [-0.05, 0) is 31.2 Å². The van der Waals surface area contributed by atoms with Crippen LogP contribution in [0, 0.1) is 6.92 Å². The zero-order valence-corrected chi connectivity index (χ0v) is 14.6. The highest BCUT2D eigenvalue weighted by molar-refractivity contribution is 7.85. The van der Waals surface area contributed by atoms with Crippen LogP contribution in [0.1, 0.15) is 15.9 Å². The van der Waals surface area contributed by atoms with E-state index in [0.717, 1.165) is 5.56 Å². The van der Waals surface area contributed by atoms with Crippen LogP contribution in [0.5, 0.6) is 0 Å². The van der Waals surface area contributed by atoms with Gasteiger partial charge in [0.2, 0.25) is 0 Å². The summed E-state index contributed by atoms with van der Waals surface area (Å²) in [5, 5.41) is 0. The highest BCUT2D eigenvalue weighted by atomic mass is 32.2. The van der Waals surface area contributed by atoms with E-state index in [-0.39, 0.29) is 4.90 Å². The third-order valence-corrected chi connectivity index (χ3v) is 3.92. The fraction of sp³-hybridized carbons (Fsp3) is 0.0714. The molecule has 0 spiro atoms. The van der Waals surface area contributed by atoms with E-state index < -0.39 is 20.4 Å². The Kier molecular flexibility index (Phi) is 7.21. The van der Waals surface area contributed by atoms with Gasteiger partial charge in [-0.1, -0.05) is 29.8 Å². The Labute approximate surface area is 145 Å². The highest BCUT2D eigenvalue weighted by Gasteiger charge is 2.07. The number of anilines is 1. The SMILES string of the molecule is Cc1ccc(NNS(=O)(=O)O)cc1.O=Cc1ccc(S(=O)(=O)O)cc1. The summed E-state index contributed by atoms with van der Waals surface area (Å²) in [6, 6.07) is 12.0. The van der Waals surface area contributed by atoms with Crippen LogP contribution in [0.2, 0.25) is 0 Å². The molecule has 2 aromatic carbocycles. The van der Waals surface area contributed by atoms with Crippen LogP contribution in [0.15, 0.2) is 53.4 Å². The summed E-state index contributed by atoms with van der Waals surface area (Å²) >= 11 is 0. The van der Waals surface area contributed by atoms with Gasteiger partial charge in [0, 0.05) is 11.3 Å². The maximum Gasteiger partial charge on any atom is 0.350 e. The molecule has 136 valence electrons. The fourth-order valence-electron chi connectivity index (χ4n) is 1.48. The zero-order valence-electron chi connectivity index (χ0n) is 12.9. The van der Waals surface area contributed by atoms with Gasteiger partial charge in [0.05, 0.1) is 4.90 Å². The van der Waals surface area contributed by atoms with Gasteiger partial charge in [-0.2, -0.15) is 16.8 Å². The molecule has 0 heterocycles. The molecule has 25 heavy (non-hydrogen) atoms. The van der Waals surface area contributed by atoms with Crippen molar-refractivity contribution in [3.63, 3.8) is 0 Å². The van der Waals surface area contributed by atoms with Crippen LogP contribution >= 0.6 is 0 Å². The first kappa shape index (κ1) is 20.7. The molecule has 0 saturated heterocycles. The monoisotopic (exact) mass is 388 g/mol. The lowest BCUT2D eigenvalue weighted by molar-refractivity contribution is 0.112. The normalized spacial score (nSPS) is 11.2. The van der Waals surface area contributed by atoms with Crippen molar-refractivity contribution in [1.82, 2.24) is 4.83 Å². The predicted molar refractivity (Wildman–Crippen MR) is 91.1 cm³/mol. The molecule has 11 heteroatoms. The maximum atomic E-state index is 10.5. The van der Waals surface area contributed by atoms with Gasteiger partial charge in [0.1, 0.15) is 6.29 Å². The van der Waals surface area contributed by atoms with E-state index in [4.69, 9.17) is 9.11 Å². The Hall–Kier alpha value is -2.31. The molecule has 0 bridgehead atoms. The molecule has 0 atom stereocenters. The average Bonchev–Trinajstić information content (AvgIpc) is 2.53. The number of hydrogen-bond donors (Lipinski definition) is 4. The Morgan fingerprint density at radius 3 is 1.80 bits per heavy atom. The highest BCUT2D eigenvalue weighted by Crippen LogP contribution is 2.08. The molecule has 9 nitrogen and oxygen atoms in total. The summed E-state index contributed by atoms with van der Waals surface area (Å²) < 4.78 is 58.4. The second-order valence-electron chi connectivity index (χ2n) is 4.73. The van der Waals surface area contributed by atoms with Crippen LogP contribution < -0.4 is 10.3 Å². The largest absolute Gasteiger partial charge is 0.350 e. The molecule has 0 aliphatic heterocycles. The van der Waals surface area contributed by atoms with Crippen LogP contribution in [0.25, 0.3) is 0 Å². The number of aryl methyl sites for hydroxylation is 1. The molecular formula is C14H16N2O7S2. The van der Waals surface area contributed by atoms with Gasteiger partial charge < -0.3 is 5.43 Å². The lowest BCUT2D eigenvalue weighted by Gasteiger charge is -2.04. The number of benzene rings is 2. The molecule has 0 saturated carbocycles. The van der Waals surface area contributed by atoms with Gasteiger partial charge in [-0.25, -0.2) is 0 Å². The lowest BCUT2D eigenvalue weighted by atomic mass is 10.2. The third kappa shape index (κ3) is 8.37. The zero-order chi connectivity index (χ0) is 19.1. The van der Waals surface area contributed by atoms with Gasteiger partial charge in [0.25, 0.3) is 10.1 Å². The molecule has 2 rings (SSSR count). The van der Waals surface area contributed by atoms with Crippen LogP contribution in [0.4, 0.5) is 5.69 Å². The fourth-order valence-corrected chi connectivity index (χ4v) is 2.21. The minimum Gasteiger partial charge on any atom is -0.306 e. The Bertz CT molecular complexity index is 907. The topological polar surface area (TPSA) is 150 Å². The third-order valence-electron chi connectivity index (χ3n) is 2.69. The minimum atomic E-state index is -4.19. The molecule has 0 aliphatic rings. The number of hydrogen-bond acceptors (Lipinski definition) is 6. The van der Waals surface area contributed by atoms with Crippen LogP contribution in [-0.2, 0) is 20.4 Å². The average molecular weight is 388 g/mol. The molecular weight excluding hydrogens is 372 g/mol. The quantitative estimate of drug-likeness (QED) is 0.341. The smallest absolute Gasteiger partial charge is 0.306 e. The second kappa shape index (κ2) is 8.69. The molecule has 4 N–H and O–H groups in total. The standard InChI is InChI=1S/C7H10N2O3S.C7H6O4S/c1-6-2-4-7(5-3-6)8-9-13(10,11)12;8-5-6-1-3-7(4-2-6)12(9,10)11/h2-5,8-9H,1H3,(H,10,11,12);1-5H,(H,9,10,11). The first-order valence-corrected chi connectivity index (χ1v) is 9.49. The number of carbonyl (C=O) groups excluding carboxylic acids is 1. The van der Waals surface area contributed by atoms with Gasteiger partial charge in [-0.3, -0.25) is 13.9 Å². The van der Waals surface area contributed by atoms with Crippen molar-refractivity contribution in [1.29, 1.82) is 0 Å². The second-order valence-corrected chi connectivity index (χ2v) is 7.31. The Balaban J connectivity index is 0.000000251. The predicted octanol–water partition coefficient (Wildman–Crippen LogP) is 1.46. The van der Waals surface area contributed by atoms with Gasteiger partial charge >= 0.3 is 10.3 Å². The van der Waals surface area contributed by atoms with E-state index in [1.165, 1.54) is 24.3 Å². The van der Waals surface area contributed by atoms with Crippen molar-refractivity contribution < 1.29 is 30.7 Å². The molecule has 0 radical (unpaired) electrons. The van der Waals surface area contributed by atoms with Crippen LogP contribution in [0.3, 0.4) is 0 Å². The summed E-state index contributed by atoms with van der Waals surface area (Å²) in [5.74, 6) is 0. The van der Waals surface area contributed by atoms with Gasteiger partial charge in [0.15, 0.2) is 0 Å². The van der Waals surface area contributed by atoms with E-state index in [2.05, 4.69) is 5.43 Å². The first-order chi connectivity index (χ1) is 11.5. The number of rotatable bonds is 5. The van der Waals surface area contributed by atoms with Crippen molar-refractivity contribution in [2.45, 2.75) is 11.8 Å². The first-order valence-electron chi connectivity index (χ1n) is 6.61. The molecule has 0 amide bonds. The van der Waals surface area contributed by atoms with Crippen LogP contribution in [-0.4, -0.2) is 32.2 Å². The summed E-state index contributed by atoms with van der Waals surface area (Å²) in [7, 11) is -8.34. The van der Waals surface area contributed by atoms with Crippen molar-refractivity contribution >= 4 is 32.4 Å². The maximum absolute atomic E-state index is 10.5. The van der Waals surface area contributed by atoms with E-state index in [1.807, 2.05) is 19.1 Å². The molecule has 0 aromatic heterocycles.